The van der Waals surface area contributed by atoms with Crippen LogP contribution in [0.2, 0.25) is 0 Å². The standard InChI is InChI=1S/C17H19FN4O4S/c18-16-12(13-8-21(10-19-13)11-4-2-1-3-5-11)6-7-14(23)17(16)22-9-15(24)20-27(22,25)26/h6-8,10-11,23H,1-5,9H2,(H,20,24). The Morgan fingerprint density at radius 3 is 2.63 bits per heavy atom. The SMILES string of the molecule is O=C1CN(c2c(O)ccc(-c3cn(C4CCCCC4)cn3)c2F)S(=O)(=O)N1. The lowest BCUT2D eigenvalue weighted by molar-refractivity contribution is -0.117. The number of anilines is 1. The highest BCUT2D eigenvalue weighted by atomic mass is 32.2. The van der Waals surface area contributed by atoms with E-state index in [1.807, 2.05) is 4.57 Å². The molecule has 0 radical (unpaired) electrons. The van der Waals surface area contributed by atoms with Gasteiger partial charge in [-0.2, -0.15) is 8.42 Å². The van der Waals surface area contributed by atoms with Gasteiger partial charge < -0.3 is 9.67 Å². The van der Waals surface area contributed by atoms with E-state index < -0.39 is 39.9 Å². The summed E-state index contributed by atoms with van der Waals surface area (Å²) in [5.74, 6) is -2.30. The largest absolute Gasteiger partial charge is 0.506 e. The minimum atomic E-state index is -4.24. The molecule has 1 saturated heterocycles. The second-order valence-electron chi connectivity index (χ2n) is 6.83. The lowest BCUT2D eigenvalue weighted by Gasteiger charge is -2.22. The van der Waals surface area contributed by atoms with Crippen molar-refractivity contribution in [3.63, 3.8) is 0 Å². The fourth-order valence-electron chi connectivity index (χ4n) is 3.69. The second kappa shape index (κ2) is 6.52. The molecule has 0 unspecified atom stereocenters. The first kappa shape index (κ1) is 17.8. The third-order valence-electron chi connectivity index (χ3n) is 5.04. The Labute approximate surface area is 155 Å². The number of hydrogen-bond acceptors (Lipinski definition) is 5. The number of nitrogens with zero attached hydrogens (tertiary/aromatic N) is 3. The van der Waals surface area contributed by atoms with Gasteiger partial charge in [0.15, 0.2) is 5.82 Å². The highest BCUT2D eigenvalue weighted by molar-refractivity contribution is 7.92. The minimum absolute atomic E-state index is 0.0620. The van der Waals surface area contributed by atoms with Crippen molar-refractivity contribution in [3.05, 3.63) is 30.5 Å². The molecule has 1 aliphatic heterocycles. The van der Waals surface area contributed by atoms with Crippen LogP contribution in [0.25, 0.3) is 11.3 Å². The van der Waals surface area contributed by atoms with Crippen molar-refractivity contribution in [2.45, 2.75) is 38.1 Å². The fourth-order valence-corrected chi connectivity index (χ4v) is 4.85. The molecule has 1 aromatic carbocycles. The van der Waals surface area contributed by atoms with E-state index in [4.69, 9.17) is 0 Å². The van der Waals surface area contributed by atoms with E-state index in [1.54, 1.807) is 17.2 Å². The molecule has 2 aliphatic rings. The van der Waals surface area contributed by atoms with Crippen LogP contribution in [-0.4, -0.2) is 35.5 Å². The summed E-state index contributed by atoms with van der Waals surface area (Å²) in [6, 6.07) is 2.87. The number of benzene rings is 1. The smallest absolute Gasteiger partial charge is 0.326 e. The van der Waals surface area contributed by atoms with E-state index in [2.05, 4.69) is 4.98 Å². The van der Waals surface area contributed by atoms with Crippen molar-refractivity contribution in [1.29, 1.82) is 0 Å². The molecule has 4 rings (SSSR count). The summed E-state index contributed by atoms with van der Waals surface area (Å²) >= 11 is 0. The summed E-state index contributed by atoms with van der Waals surface area (Å²) in [7, 11) is -4.24. The maximum absolute atomic E-state index is 15.1. The topological polar surface area (TPSA) is 105 Å². The zero-order chi connectivity index (χ0) is 19.2. The monoisotopic (exact) mass is 394 g/mol. The molecule has 2 N–H and O–H groups in total. The zero-order valence-corrected chi connectivity index (χ0v) is 15.2. The van der Waals surface area contributed by atoms with Crippen LogP contribution >= 0.6 is 0 Å². The van der Waals surface area contributed by atoms with Crippen LogP contribution in [0.1, 0.15) is 38.1 Å². The van der Waals surface area contributed by atoms with Gasteiger partial charge in [-0.3, -0.25) is 4.79 Å². The van der Waals surface area contributed by atoms with Crippen LogP contribution in [-0.2, 0) is 15.0 Å². The van der Waals surface area contributed by atoms with Gasteiger partial charge in [-0.05, 0) is 25.0 Å². The predicted octanol–water partition coefficient (Wildman–Crippen LogP) is 2.08. The zero-order valence-electron chi connectivity index (χ0n) is 14.4. The fraction of sp³-hybridized carbons (Fsp3) is 0.412. The van der Waals surface area contributed by atoms with E-state index in [0.717, 1.165) is 25.7 Å². The minimum Gasteiger partial charge on any atom is -0.506 e. The summed E-state index contributed by atoms with van der Waals surface area (Å²) in [6.07, 6.45) is 8.96. The summed E-state index contributed by atoms with van der Waals surface area (Å²) < 4.78 is 43.5. The van der Waals surface area contributed by atoms with Gasteiger partial charge in [-0.1, -0.05) is 19.3 Å². The Bertz CT molecular complexity index is 998. The Morgan fingerprint density at radius 1 is 1.22 bits per heavy atom. The highest BCUT2D eigenvalue weighted by Gasteiger charge is 2.38. The lowest BCUT2D eigenvalue weighted by Crippen LogP contribution is -2.30. The number of carbonyl (C=O) groups excluding carboxylic acids is 1. The van der Waals surface area contributed by atoms with E-state index >= 15 is 4.39 Å². The van der Waals surface area contributed by atoms with Gasteiger partial charge in [0.05, 0.1) is 12.0 Å². The van der Waals surface area contributed by atoms with Gasteiger partial charge in [-0.15, -0.1) is 0 Å². The van der Waals surface area contributed by atoms with Gasteiger partial charge >= 0.3 is 10.2 Å². The molecule has 2 aromatic rings. The molecule has 1 aliphatic carbocycles. The van der Waals surface area contributed by atoms with Gasteiger partial charge in [0, 0.05) is 17.8 Å². The van der Waals surface area contributed by atoms with Crippen molar-refractivity contribution < 1.29 is 22.7 Å². The van der Waals surface area contributed by atoms with Crippen LogP contribution < -0.4 is 9.03 Å². The number of carbonyl (C=O) groups is 1. The molecular weight excluding hydrogens is 375 g/mol. The summed E-state index contributed by atoms with van der Waals surface area (Å²) in [5.41, 5.74) is -0.153. The van der Waals surface area contributed by atoms with E-state index in [9.17, 15) is 18.3 Å². The Balaban J connectivity index is 1.73. The number of rotatable bonds is 3. The van der Waals surface area contributed by atoms with Gasteiger partial charge in [0.1, 0.15) is 18.0 Å². The number of phenols is 1. The van der Waals surface area contributed by atoms with Crippen molar-refractivity contribution in [3.8, 4) is 17.0 Å². The molecule has 1 amide bonds. The number of amides is 1. The molecule has 2 heterocycles. The lowest BCUT2D eigenvalue weighted by atomic mass is 9.95. The van der Waals surface area contributed by atoms with Crippen LogP contribution in [0, 0.1) is 5.82 Å². The molecule has 0 bridgehead atoms. The number of aromatic hydroxyl groups is 1. The van der Waals surface area contributed by atoms with Crippen molar-refractivity contribution in [2.24, 2.45) is 0 Å². The van der Waals surface area contributed by atoms with Crippen LogP contribution in [0.4, 0.5) is 10.1 Å². The molecule has 10 heteroatoms. The van der Waals surface area contributed by atoms with Crippen molar-refractivity contribution in [1.82, 2.24) is 14.3 Å². The Hall–Kier alpha value is -2.62. The first-order valence-corrected chi connectivity index (χ1v) is 10.2. The Kier molecular flexibility index (Phi) is 4.29. The average molecular weight is 394 g/mol. The predicted molar refractivity (Wildman–Crippen MR) is 95.8 cm³/mol. The number of halogens is 1. The van der Waals surface area contributed by atoms with Gasteiger partial charge in [-0.25, -0.2) is 18.4 Å². The average Bonchev–Trinajstić information content (AvgIpc) is 3.20. The summed E-state index contributed by atoms with van der Waals surface area (Å²) in [5, 5.41) is 10.0. The van der Waals surface area contributed by atoms with Crippen LogP contribution in [0.5, 0.6) is 5.75 Å². The third kappa shape index (κ3) is 3.14. The molecule has 2 fully saturated rings. The first-order chi connectivity index (χ1) is 12.9. The maximum atomic E-state index is 15.1. The molecule has 1 aromatic heterocycles. The number of hydrogen-bond donors (Lipinski definition) is 2. The highest BCUT2D eigenvalue weighted by Crippen LogP contribution is 2.38. The molecule has 0 spiro atoms. The van der Waals surface area contributed by atoms with Crippen LogP contribution in [0.3, 0.4) is 0 Å². The molecule has 1 saturated carbocycles. The molecular formula is C17H19FN4O4S. The number of aromatic nitrogens is 2. The van der Waals surface area contributed by atoms with E-state index in [-0.39, 0.29) is 5.56 Å². The number of imidazole rings is 1. The number of phenolic OH excluding ortho intramolecular Hbond substituents is 1. The van der Waals surface area contributed by atoms with Crippen LogP contribution in [0.15, 0.2) is 24.7 Å². The van der Waals surface area contributed by atoms with Crippen molar-refractivity contribution in [2.75, 3.05) is 10.8 Å². The van der Waals surface area contributed by atoms with E-state index in [0.29, 0.717) is 16.0 Å². The van der Waals surface area contributed by atoms with Crippen molar-refractivity contribution >= 4 is 21.8 Å². The normalized spacial score (nSPS) is 20.0. The molecule has 144 valence electrons. The Morgan fingerprint density at radius 2 is 1.96 bits per heavy atom. The molecule has 27 heavy (non-hydrogen) atoms. The number of nitrogens with one attached hydrogen (secondary N) is 1. The van der Waals surface area contributed by atoms with E-state index in [1.165, 1.54) is 18.6 Å². The summed E-state index contributed by atoms with van der Waals surface area (Å²) in [4.78, 5) is 15.7. The summed E-state index contributed by atoms with van der Waals surface area (Å²) in [6.45, 7) is -0.590. The van der Waals surface area contributed by atoms with Gasteiger partial charge in [0.2, 0.25) is 0 Å². The maximum Gasteiger partial charge on any atom is 0.326 e. The quantitative estimate of drug-likeness (QED) is 0.829. The van der Waals surface area contributed by atoms with Gasteiger partial charge in [0.25, 0.3) is 5.91 Å². The molecule has 8 nitrogen and oxygen atoms in total. The first-order valence-electron chi connectivity index (χ1n) is 8.75. The second-order valence-corrected chi connectivity index (χ2v) is 8.42. The molecule has 0 atom stereocenters. The third-order valence-corrected chi connectivity index (χ3v) is 6.42.